The summed E-state index contributed by atoms with van der Waals surface area (Å²) in [6.07, 6.45) is 5.75. The maximum Gasteiger partial charge on any atom is 0.122 e. The Morgan fingerprint density at radius 1 is 1.57 bits per heavy atom. The third kappa shape index (κ3) is 2.27. The maximum absolute atomic E-state index is 5.88. The number of benzene rings is 1. The van der Waals surface area contributed by atoms with Crippen molar-refractivity contribution in [1.82, 2.24) is 0 Å². The first-order chi connectivity index (χ1) is 6.69. The molecule has 0 bridgehead atoms. The van der Waals surface area contributed by atoms with Crippen molar-refractivity contribution in [2.75, 3.05) is 7.11 Å². The van der Waals surface area contributed by atoms with Crippen molar-refractivity contribution < 1.29 is 4.74 Å². The first-order valence-corrected chi connectivity index (χ1v) is 4.52. The van der Waals surface area contributed by atoms with Crippen LogP contribution in [0.3, 0.4) is 0 Å². The number of methoxy groups -OCH3 is 1. The van der Waals surface area contributed by atoms with E-state index in [-0.39, 0.29) is 6.04 Å². The number of ether oxygens (including phenoxy) is 1. The van der Waals surface area contributed by atoms with Gasteiger partial charge in [0.15, 0.2) is 0 Å². The zero-order valence-electron chi connectivity index (χ0n) is 8.58. The van der Waals surface area contributed by atoms with Crippen molar-refractivity contribution in [3.05, 3.63) is 29.3 Å². The Morgan fingerprint density at radius 2 is 2.29 bits per heavy atom. The molecule has 2 heteroatoms. The zero-order valence-corrected chi connectivity index (χ0v) is 8.58. The van der Waals surface area contributed by atoms with Gasteiger partial charge in [-0.2, -0.15) is 0 Å². The van der Waals surface area contributed by atoms with Crippen LogP contribution < -0.4 is 10.5 Å². The highest BCUT2D eigenvalue weighted by molar-refractivity contribution is 5.38. The van der Waals surface area contributed by atoms with E-state index in [9.17, 15) is 0 Å². The zero-order chi connectivity index (χ0) is 10.6. The number of aryl methyl sites for hydroxylation is 1. The molecule has 0 saturated heterocycles. The molecule has 1 rings (SSSR count). The molecule has 1 aromatic rings. The minimum atomic E-state index is -0.102. The fourth-order valence-corrected chi connectivity index (χ4v) is 1.31. The molecule has 0 radical (unpaired) electrons. The van der Waals surface area contributed by atoms with Crippen LogP contribution in [0.25, 0.3) is 0 Å². The minimum Gasteiger partial charge on any atom is -0.496 e. The van der Waals surface area contributed by atoms with E-state index in [4.69, 9.17) is 16.9 Å². The van der Waals surface area contributed by atoms with Crippen molar-refractivity contribution in [2.24, 2.45) is 5.73 Å². The van der Waals surface area contributed by atoms with E-state index in [1.807, 2.05) is 25.1 Å². The second-order valence-corrected chi connectivity index (χ2v) is 3.24. The monoisotopic (exact) mass is 189 g/mol. The van der Waals surface area contributed by atoms with Gasteiger partial charge in [0.25, 0.3) is 0 Å². The summed E-state index contributed by atoms with van der Waals surface area (Å²) in [5.74, 6) is 3.41. The highest BCUT2D eigenvalue weighted by Crippen LogP contribution is 2.23. The molecular formula is C12H15NO. The van der Waals surface area contributed by atoms with Crippen LogP contribution in [0.5, 0.6) is 5.75 Å². The van der Waals surface area contributed by atoms with Gasteiger partial charge in [-0.3, -0.25) is 0 Å². The van der Waals surface area contributed by atoms with E-state index in [1.54, 1.807) is 7.11 Å². The third-order valence-electron chi connectivity index (χ3n) is 2.20. The van der Waals surface area contributed by atoms with Crippen LogP contribution in [0.4, 0.5) is 0 Å². The summed E-state index contributed by atoms with van der Waals surface area (Å²) in [7, 11) is 1.65. The lowest BCUT2D eigenvalue weighted by atomic mass is 10.0. The lowest BCUT2D eigenvalue weighted by Gasteiger charge is -2.11. The molecule has 0 aliphatic heterocycles. The molecule has 0 aliphatic rings. The molecule has 14 heavy (non-hydrogen) atoms. The van der Waals surface area contributed by atoms with Gasteiger partial charge >= 0.3 is 0 Å². The van der Waals surface area contributed by atoms with Gasteiger partial charge in [0.05, 0.1) is 7.11 Å². The van der Waals surface area contributed by atoms with E-state index in [1.165, 1.54) is 0 Å². The predicted molar refractivity (Wildman–Crippen MR) is 58.1 cm³/mol. The largest absolute Gasteiger partial charge is 0.496 e. The molecule has 0 fully saturated rings. The van der Waals surface area contributed by atoms with Crippen molar-refractivity contribution in [3.8, 4) is 18.1 Å². The highest BCUT2D eigenvalue weighted by Gasteiger charge is 2.06. The number of hydrogen-bond acceptors (Lipinski definition) is 2. The summed E-state index contributed by atoms with van der Waals surface area (Å²) in [5.41, 5.74) is 8.00. The molecule has 1 atom stereocenters. The molecular weight excluding hydrogens is 174 g/mol. The molecule has 1 unspecified atom stereocenters. The molecule has 0 heterocycles. The topological polar surface area (TPSA) is 35.2 Å². The number of hydrogen-bond donors (Lipinski definition) is 1. The average molecular weight is 189 g/mol. The van der Waals surface area contributed by atoms with Crippen molar-refractivity contribution in [2.45, 2.75) is 19.4 Å². The highest BCUT2D eigenvalue weighted by atomic mass is 16.5. The Bertz CT molecular complexity index is 352. The molecule has 0 spiro atoms. The summed E-state index contributed by atoms with van der Waals surface area (Å²) in [4.78, 5) is 0. The fraction of sp³-hybridized carbons (Fsp3) is 0.333. The van der Waals surface area contributed by atoms with Crippen molar-refractivity contribution in [1.29, 1.82) is 0 Å². The Morgan fingerprint density at radius 3 is 2.86 bits per heavy atom. The number of rotatable bonds is 3. The van der Waals surface area contributed by atoms with Gasteiger partial charge in [-0.05, 0) is 24.1 Å². The second-order valence-electron chi connectivity index (χ2n) is 3.24. The van der Waals surface area contributed by atoms with Crippen molar-refractivity contribution >= 4 is 0 Å². The van der Waals surface area contributed by atoms with Crippen LogP contribution in [0.15, 0.2) is 18.2 Å². The Kier molecular flexibility index (Phi) is 3.55. The van der Waals surface area contributed by atoms with E-state index in [0.29, 0.717) is 6.42 Å². The maximum atomic E-state index is 5.88. The standard InChI is InChI=1S/C12H15NO/c1-4-5-11(13)10-7-6-9(2)12(8-10)14-3/h1,6-8,11H,5,13H2,2-3H3. The summed E-state index contributed by atoms with van der Waals surface area (Å²) < 4.78 is 5.21. The van der Waals surface area contributed by atoms with Gasteiger partial charge in [-0.25, -0.2) is 0 Å². The Balaban J connectivity index is 2.95. The molecule has 74 valence electrons. The quantitative estimate of drug-likeness (QED) is 0.738. The number of terminal acetylenes is 1. The molecule has 0 amide bonds. The molecule has 0 aromatic heterocycles. The minimum absolute atomic E-state index is 0.102. The third-order valence-corrected chi connectivity index (χ3v) is 2.20. The molecule has 0 aliphatic carbocycles. The van der Waals surface area contributed by atoms with Crippen LogP contribution in [-0.2, 0) is 0 Å². The van der Waals surface area contributed by atoms with E-state index in [0.717, 1.165) is 16.9 Å². The van der Waals surface area contributed by atoms with Crippen molar-refractivity contribution in [3.63, 3.8) is 0 Å². The Labute approximate surface area is 85.1 Å². The van der Waals surface area contributed by atoms with E-state index in [2.05, 4.69) is 5.92 Å². The fourth-order valence-electron chi connectivity index (χ4n) is 1.31. The molecule has 2 nitrogen and oxygen atoms in total. The lowest BCUT2D eigenvalue weighted by molar-refractivity contribution is 0.410. The summed E-state index contributed by atoms with van der Waals surface area (Å²) >= 11 is 0. The van der Waals surface area contributed by atoms with Gasteiger partial charge in [0, 0.05) is 12.5 Å². The van der Waals surface area contributed by atoms with Crippen LogP contribution in [-0.4, -0.2) is 7.11 Å². The summed E-state index contributed by atoms with van der Waals surface area (Å²) in [6, 6.07) is 5.82. The SMILES string of the molecule is C#CCC(N)c1ccc(C)c(OC)c1. The molecule has 1 aromatic carbocycles. The predicted octanol–water partition coefficient (Wildman–Crippen LogP) is 2.03. The van der Waals surface area contributed by atoms with Gasteiger partial charge in [-0.1, -0.05) is 12.1 Å². The Hall–Kier alpha value is -1.46. The van der Waals surface area contributed by atoms with Gasteiger partial charge in [-0.15, -0.1) is 12.3 Å². The van der Waals surface area contributed by atoms with Crippen LogP contribution in [0.2, 0.25) is 0 Å². The van der Waals surface area contributed by atoms with Gasteiger partial charge in [0.2, 0.25) is 0 Å². The van der Waals surface area contributed by atoms with Gasteiger partial charge in [0.1, 0.15) is 5.75 Å². The summed E-state index contributed by atoms with van der Waals surface area (Å²) in [6.45, 7) is 2.00. The van der Waals surface area contributed by atoms with E-state index < -0.39 is 0 Å². The first-order valence-electron chi connectivity index (χ1n) is 4.52. The lowest BCUT2D eigenvalue weighted by Crippen LogP contribution is -2.09. The van der Waals surface area contributed by atoms with Crippen LogP contribution in [0, 0.1) is 19.3 Å². The van der Waals surface area contributed by atoms with E-state index >= 15 is 0 Å². The first kappa shape index (κ1) is 10.6. The van der Waals surface area contributed by atoms with Gasteiger partial charge < -0.3 is 10.5 Å². The summed E-state index contributed by atoms with van der Waals surface area (Å²) in [5, 5.41) is 0. The average Bonchev–Trinajstić information content (AvgIpc) is 2.19. The smallest absolute Gasteiger partial charge is 0.122 e. The number of nitrogens with two attached hydrogens (primary N) is 1. The molecule has 2 N–H and O–H groups in total. The normalized spacial score (nSPS) is 11.9. The second kappa shape index (κ2) is 4.69. The van der Waals surface area contributed by atoms with Crippen LogP contribution in [0.1, 0.15) is 23.6 Å². The molecule has 0 saturated carbocycles. The van der Waals surface area contributed by atoms with Crippen LogP contribution >= 0.6 is 0 Å².